The smallest absolute Gasteiger partial charge is 0.321 e. The first-order chi connectivity index (χ1) is 10.7. The minimum atomic E-state index is -0.566. The standard InChI is InChI=1S/C15H20Cl2FN3O2/c1-4-8(2)20-15(23)21-14(22)7-19-9(3)10-5-13(18)12(17)6-11(10)16/h5-6,8-9,19H,4,7H2,1-3H3,(H2,20,21,22,23)/p+1/t8-,9+/m0/s1. The van der Waals surface area contributed by atoms with Crippen LogP contribution in [-0.4, -0.2) is 24.5 Å². The fourth-order valence-corrected chi connectivity index (χ4v) is 2.39. The molecular formula is C15H21Cl2FN3O2+. The highest BCUT2D eigenvalue weighted by molar-refractivity contribution is 6.35. The van der Waals surface area contributed by atoms with Crippen LogP contribution >= 0.6 is 23.2 Å². The highest BCUT2D eigenvalue weighted by Gasteiger charge is 2.18. The number of hydrogen-bond acceptors (Lipinski definition) is 2. The molecule has 0 aliphatic carbocycles. The van der Waals surface area contributed by atoms with E-state index in [1.54, 1.807) is 12.2 Å². The van der Waals surface area contributed by atoms with Gasteiger partial charge in [-0.3, -0.25) is 10.1 Å². The fraction of sp³-hybridized carbons (Fsp3) is 0.467. The number of amides is 3. The number of nitrogens with two attached hydrogens (primary N) is 1. The third kappa shape index (κ3) is 6.33. The first-order valence-corrected chi connectivity index (χ1v) is 8.08. The summed E-state index contributed by atoms with van der Waals surface area (Å²) in [5, 5.41) is 6.80. The third-order valence-corrected chi connectivity index (χ3v) is 4.05. The van der Waals surface area contributed by atoms with Gasteiger partial charge in [0.05, 0.1) is 10.0 Å². The van der Waals surface area contributed by atoms with Crippen molar-refractivity contribution < 1.29 is 19.3 Å². The summed E-state index contributed by atoms with van der Waals surface area (Å²) in [6.45, 7) is 5.56. The Morgan fingerprint density at radius 2 is 1.91 bits per heavy atom. The van der Waals surface area contributed by atoms with Crippen molar-refractivity contribution in [3.63, 3.8) is 0 Å². The lowest BCUT2D eigenvalue weighted by Gasteiger charge is -2.14. The Hall–Kier alpha value is -1.37. The zero-order valence-corrected chi connectivity index (χ0v) is 14.8. The molecule has 2 atom stereocenters. The van der Waals surface area contributed by atoms with E-state index in [4.69, 9.17) is 23.2 Å². The monoisotopic (exact) mass is 364 g/mol. The number of quaternary nitrogens is 1. The molecule has 1 aromatic rings. The Morgan fingerprint density at radius 3 is 2.52 bits per heavy atom. The van der Waals surface area contributed by atoms with Crippen LogP contribution in [0.2, 0.25) is 10.0 Å². The maximum Gasteiger partial charge on any atom is 0.321 e. The molecule has 23 heavy (non-hydrogen) atoms. The van der Waals surface area contributed by atoms with Crippen molar-refractivity contribution in [2.45, 2.75) is 39.3 Å². The second-order valence-corrected chi connectivity index (χ2v) is 6.16. The van der Waals surface area contributed by atoms with E-state index in [-0.39, 0.29) is 23.7 Å². The number of halogens is 3. The molecular weight excluding hydrogens is 344 g/mol. The molecule has 0 bridgehead atoms. The van der Waals surface area contributed by atoms with E-state index in [1.165, 1.54) is 12.1 Å². The molecule has 4 N–H and O–H groups in total. The largest absolute Gasteiger partial charge is 0.335 e. The van der Waals surface area contributed by atoms with Crippen molar-refractivity contribution in [3.8, 4) is 0 Å². The summed E-state index contributed by atoms with van der Waals surface area (Å²) >= 11 is 11.7. The van der Waals surface area contributed by atoms with E-state index >= 15 is 0 Å². The van der Waals surface area contributed by atoms with Gasteiger partial charge in [0.15, 0.2) is 6.54 Å². The molecule has 0 radical (unpaired) electrons. The Morgan fingerprint density at radius 1 is 1.26 bits per heavy atom. The molecule has 128 valence electrons. The second kappa shape index (κ2) is 9.05. The number of hydrogen-bond donors (Lipinski definition) is 3. The van der Waals surface area contributed by atoms with Crippen LogP contribution in [0, 0.1) is 5.82 Å². The number of nitrogens with one attached hydrogen (secondary N) is 2. The zero-order valence-electron chi connectivity index (χ0n) is 13.3. The molecule has 1 aromatic carbocycles. The lowest BCUT2D eigenvalue weighted by atomic mass is 10.1. The molecule has 0 unspecified atom stereocenters. The van der Waals surface area contributed by atoms with Crippen LogP contribution < -0.4 is 16.0 Å². The second-order valence-electron chi connectivity index (χ2n) is 5.35. The first kappa shape index (κ1) is 19.7. The number of rotatable bonds is 6. The highest BCUT2D eigenvalue weighted by Crippen LogP contribution is 2.27. The van der Waals surface area contributed by atoms with E-state index in [0.717, 1.165) is 6.42 Å². The Kier molecular flexibility index (Phi) is 7.75. The number of carbonyl (C=O) groups is 2. The lowest BCUT2D eigenvalue weighted by molar-refractivity contribution is -0.682. The molecule has 5 nitrogen and oxygen atoms in total. The molecule has 0 aromatic heterocycles. The molecule has 0 spiro atoms. The molecule has 0 heterocycles. The quantitative estimate of drug-likeness (QED) is 0.677. The average Bonchev–Trinajstić information content (AvgIpc) is 2.48. The number of urea groups is 1. The lowest BCUT2D eigenvalue weighted by Crippen LogP contribution is -2.87. The van der Waals surface area contributed by atoms with Gasteiger partial charge in [0.25, 0.3) is 5.91 Å². The predicted octanol–water partition coefficient (Wildman–Crippen LogP) is 2.38. The third-order valence-electron chi connectivity index (χ3n) is 3.43. The minimum Gasteiger partial charge on any atom is -0.335 e. The van der Waals surface area contributed by atoms with Crippen molar-refractivity contribution in [2.75, 3.05) is 6.54 Å². The van der Waals surface area contributed by atoms with Crippen molar-refractivity contribution in [3.05, 3.63) is 33.6 Å². The van der Waals surface area contributed by atoms with Gasteiger partial charge in [-0.05, 0) is 32.4 Å². The maximum atomic E-state index is 13.5. The van der Waals surface area contributed by atoms with E-state index in [9.17, 15) is 14.0 Å². The van der Waals surface area contributed by atoms with Gasteiger partial charge in [-0.25, -0.2) is 9.18 Å². The van der Waals surface area contributed by atoms with Gasteiger partial charge >= 0.3 is 6.03 Å². The highest BCUT2D eigenvalue weighted by atomic mass is 35.5. The van der Waals surface area contributed by atoms with Crippen LogP contribution in [0.25, 0.3) is 0 Å². The van der Waals surface area contributed by atoms with Gasteiger partial charge in [0.2, 0.25) is 0 Å². The average molecular weight is 365 g/mol. The Balaban J connectivity index is 2.53. The van der Waals surface area contributed by atoms with Crippen molar-refractivity contribution in [1.29, 1.82) is 0 Å². The van der Waals surface area contributed by atoms with E-state index in [0.29, 0.717) is 10.6 Å². The molecule has 0 aliphatic heterocycles. The Labute approximate surface area is 144 Å². The molecule has 8 heteroatoms. The number of carbonyl (C=O) groups excluding carboxylic acids is 2. The molecule has 0 saturated heterocycles. The molecule has 0 saturated carbocycles. The summed E-state index contributed by atoms with van der Waals surface area (Å²) in [7, 11) is 0. The SMILES string of the molecule is CC[C@H](C)NC(=O)NC(=O)C[NH2+][C@H](C)c1cc(F)c(Cl)cc1Cl. The zero-order chi connectivity index (χ0) is 17.6. The number of imide groups is 1. The summed E-state index contributed by atoms with van der Waals surface area (Å²) in [4.78, 5) is 23.3. The summed E-state index contributed by atoms with van der Waals surface area (Å²) < 4.78 is 13.5. The van der Waals surface area contributed by atoms with E-state index in [2.05, 4.69) is 10.6 Å². The van der Waals surface area contributed by atoms with Crippen LogP contribution in [0.5, 0.6) is 0 Å². The van der Waals surface area contributed by atoms with Crippen LogP contribution in [0.1, 0.15) is 38.8 Å². The molecule has 0 aliphatic rings. The van der Waals surface area contributed by atoms with Crippen LogP contribution in [0.4, 0.5) is 9.18 Å². The van der Waals surface area contributed by atoms with Crippen LogP contribution in [-0.2, 0) is 4.79 Å². The molecule has 0 fully saturated rings. The minimum absolute atomic E-state index is 0.00959. The summed E-state index contributed by atoms with van der Waals surface area (Å²) in [5.74, 6) is -1.01. The molecule has 3 amide bonds. The van der Waals surface area contributed by atoms with Gasteiger partial charge < -0.3 is 10.6 Å². The van der Waals surface area contributed by atoms with E-state index in [1.807, 2.05) is 13.8 Å². The van der Waals surface area contributed by atoms with Crippen molar-refractivity contribution in [2.24, 2.45) is 0 Å². The van der Waals surface area contributed by atoms with Gasteiger partial charge in [-0.2, -0.15) is 0 Å². The van der Waals surface area contributed by atoms with E-state index < -0.39 is 17.8 Å². The van der Waals surface area contributed by atoms with Gasteiger partial charge in [0, 0.05) is 11.6 Å². The molecule has 1 rings (SSSR count). The van der Waals surface area contributed by atoms with Crippen LogP contribution in [0.15, 0.2) is 12.1 Å². The number of benzene rings is 1. The topological polar surface area (TPSA) is 74.8 Å². The predicted molar refractivity (Wildman–Crippen MR) is 88.1 cm³/mol. The Bertz CT molecular complexity index is 584. The van der Waals surface area contributed by atoms with Crippen LogP contribution in [0.3, 0.4) is 0 Å². The fourth-order valence-electron chi connectivity index (χ4n) is 1.84. The summed E-state index contributed by atoms with van der Waals surface area (Å²) in [6, 6.07) is 1.78. The summed E-state index contributed by atoms with van der Waals surface area (Å²) in [6.07, 6.45) is 0.769. The normalized spacial score (nSPS) is 13.3. The van der Waals surface area contributed by atoms with Crippen molar-refractivity contribution in [1.82, 2.24) is 10.6 Å². The van der Waals surface area contributed by atoms with Gasteiger partial charge in [0.1, 0.15) is 11.9 Å². The van der Waals surface area contributed by atoms with Crippen molar-refractivity contribution >= 4 is 35.1 Å². The summed E-state index contributed by atoms with van der Waals surface area (Å²) in [5.41, 5.74) is 0.533. The first-order valence-electron chi connectivity index (χ1n) is 7.32. The maximum absolute atomic E-state index is 13.5. The van der Waals surface area contributed by atoms with Gasteiger partial charge in [-0.15, -0.1) is 0 Å². The van der Waals surface area contributed by atoms with Gasteiger partial charge in [-0.1, -0.05) is 30.1 Å².